The minimum absolute atomic E-state index is 0.307. The van der Waals surface area contributed by atoms with E-state index in [1.54, 1.807) is 0 Å². The summed E-state index contributed by atoms with van der Waals surface area (Å²) in [7, 11) is 0. The van der Waals surface area contributed by atoms with Gasteiger partial charge in [0.25, 0.3) is 0 Å². The lowest BCUT2D eigenvalue weighted by Gasteiger charge is -2.34. The van der Waals surface area contributed by atoms with Crippen LogP contribution >= 0.6 is 0 Å². The van der Waals surface area contributed by atoms with Gasteiger partial charge in [-0.2, -0.15) is 0 Å². The van der Waals surface area contributed by atoms with E-state index >= 15 is 0 Å². The third kappa shape index (κ3) is 2.79. The van der Waals surface area contributed by atoms with Crippen LogP contribution in [0.4, 0.5) is 0 Å². The van der Waals surface area contributed by atoms with Crippen molar-refractivity contribution in [1.82, 2.24) is 10.1 Å². The molecule has 1 aromatic heterocycles. The predicted octanol–water partition coefficient (Wildman–Crippen LogP) is 1.59. The maximum absolute atomic E-state index is 5.67. The summed E-state index contributed by atoms with van der Waals surface area (Å²) >= 11 is 0. The summed E-state index contributed by atoms with van der Waals surface area (Å²) in [6.07, 6.45) is 0.614. The first-order valence-corrected chi connectivity index (χ1v) is 5.43. The van der Waals surface area contributed by atoms with E-state index in [1.165, 1.54) is 0 Å². The predicted molar refractivity (Wildman–Crippen MR) is 56.5 cm³/mol. The zero-order chi connectivity index (χ0) is 10.8. The molecule has 0 unspecified atom stereocenters. The minimum atomic E-state index is 0.307. The molecule has 2 rings (SSSR count). The summed E-state index contributed by atoms with van der Waals surface area (Å²) in [4.78, 5) is 2.36. The molecule has 84 valence electrons. The van der Waals surface area contributed by atoms with Crippen LogP contribution in [0.3, 0.4) is 0 Å². The van der Waals surface area contributed by atoms with Gasteiger partial charge in [-0.3, -0.25) is 4.90 Å². The number of ether oxygens (including phenoxy) is 1. The SMILES string of the molecule is Cc1cc(CN2C[C@@H](C)O[C@@H](C)C2)no1. The topological polar surface area (TPSA) is 38.5 Å². The lowest BCUT2D eigenvalue weighted by Crippen LogP contribution is -2.44. The van der Waals surface area contributed by atoms with Crippen molar-refractivity contribution in [1.29, 1.82) is 0 Å². The molecule has 0 spiro atoms. The molecule has 0 radical (unpaired) electrons. The fourth-order valence-corrected chi connectivity index (χ4v) is 2.14. The van der Waals surface area contributed by atoms with Gasteiger partial charge in [-0.25, -0.2) is 0 Å². The summed E-state index contributed by atoms with van der Waals surface area (Å²) in [5, 5.41) is 4.00. The molecule has 1 aromatic rings. The summed E-state index contributed by atoms with van der Waals surface area (Å²) < 4.78 is 10.7. The summed E-state index contributed by atoms with van der Waals surface area (Å²) in [6.45, 7) is 8.93. The largest absolute Gasteiger partial charge is 0.373 e. The number of nitrogens with zero attached hydrogens (tertiary/aromatic N) is 2. The minimum Gasteiger partial charge on any atom is -0.373 e. The molecule has 2 atom stereocenters. The van der Waals surface area contributed by atoms with Crippen molar-refractivity contribution in [3.8, 4) is 0 Å². The van der Waals surface area contributed by atoms with Crippen molar-refractivity contribution in [2.75, 3.05) is 13.1 Å². The third-order valence-corrected chi connectivity index (χ3v) is 2.56. The summed E-state index contributed by atoms with van der Waals surface area (Å²) in [5.41, 5.74) is 1.01. The van der Waals surface area contributed by atoms with Crippen LogP contribution < -0.4 is 0 Å². The van der Waals surface area contributed by atoms with Crippen LogP contribution in [0, 0.1) is 6.92 Å². The van der Waals surface area contributed by atoms with Crippen LogP contribution in [0.25, 0.3) is 0 Å². The zero-order valence-electron chi connectivity index (χ0n) is 9.56. The van der Waals surface area contributed by atoms with Crippen molar-refractivity contribution in [3.05, 3.63) is 17.5 Å². The van der Waals surface area contributed by atoms with Gasteiger partial charge in [0.2, 0.25) is 0 Å². The van der Waals surface area contributed by atoms with Crippen molar-refractivity contribution in [2.24, 2.45) is 0 Å². The van der Waals surface area contributed by atoms with Gasteiger partial charge >= 0.3 is 0 Å². The highest BCUT2D eigenvalue weighted by Gasteiger charge is 2.22. The Balaban J connectivity index is 1.94. The number of aromatic nitrogens is 1. The van der Waals surface area contributed by atoms with E-state index in [4.69, 9.17) is 9.26 Å². The van der Waals surface area contributed by atoms with Gasteiger partial charge in [-0.05, 0) is 20.8 Å². The Morgan fingerprint density at radius 2 is 2.07 bits per heavy atom. The van der Waals surface area contributed by atoms with Crippen molar-refractivity contribution < 1.29 is 9.26 Å². The van der Waals surface area contributed by atoms with E-state index < -0.39 is 0 Å². The zero-order valence-corrected chi connectivity index (χ0v) is 9.56. The Morgan fingerprint density at radius 3 is 2.60 bits per heavy atom. The molecule has 4 nitrogen and oxygen atoms in total. The van der Waals surface area contributed by atoms with Gasteiger partial charge in [0.1, 0.15) is 5.76 Å². The first kappa shape index (κ1) is 10.6. The molecule has 1 saturated heterocycles. The van der Waals surface area contributed by atoms with E-state index in [0.717, 1.165) is 31.1 Å². The van der Waals surface area contributed by atoms with Crippen LogP contribution in [0.1, 0.15) is 25.3 Å². The van der Waals surface area contributed by atoms with Crippen LogP contribution in [0.15, 0.2) is 10.6 Å². The summed E-state index contributed by atoms with van der Waals surface area (Å²) in [6, 6.07) is 1.99. The molecule has 0 aromatic carbocycles. The van der Waals surface area contributed by atoms with Gasteiger partial charge in [0.05, 0.1) is 17.9 Å². The molecule has 0 bridgehead atoms. The number of hydrogen-bond acceptors (Lipinski definition) is 4. The monoisotopic (exact) mass is 210 g/mol. The molecule has 2 heterocycles. The van der Waals surface area contributed by atoms with E-state index in [1.807, 2.05) is 13.0 Å². The highest BCUT2D eigenvalue weighted by atomic mass is 16.5. The van der Waals surface area contributed by atoms with Crippen molar-refractivity contribution >= 4 is 0 Å². The van der Waals surface area contributed by atoms with E-state index in [-0.39, 0.29) is 0 Å². The number of morpholine rings is 1. The van der Waals surface area contributed by atoms with Gasteiger partial charge < -0.3 is 9.26 Å². The van der Waals surface area contributed by atoms with Crippen LogP contribution in [-0.4, -0.2) is 35.4 Å². The second-order valence-corrected chi connectivity index (χ2v) is 4.38. The molecule has 1 fully saturated rings. The van der Waals surface area contributed by atoms with E-state index in [2.05, 4.69) is 23.9 Å². The average molecular weight is 210 g/mol. The van der Waals surface area contributed by atoms with Crippen molar-refractivity contribution in [3.63, 3.8) is 0 Å². The smallest absolute Gasteiger partial charge is 0.133 e. The molecule has 0 amide bonds. The van der Waals surface area contributed by atoms with E-state index in [9.17, 15) is 0 Å². The Kier molecular flexibility index (Phi) is 3.07. The molecule has 0 aliphatic carbocycles. The highest BCUT2D eigenvalue weighted by Crippen LogP contribution is 2.13. The first-order chi connectivity index (χ1) is 7.13. The lowest BCUT2D eigenvalue weighted by atomic mass is 10.2. The molecular weight excluding hydrogens is 192 g/mol. The number of rotatable bonds is 2. The normalized spacial score (nSPS) is 28.2. The maximum Gasteiger partial charge on any atom is 0.133 e. The Hall–Kier alpha value is -0.870. The van der Waals surface area contributed by atoms with E-state index in [0.29, 0.717) is 12.2 Å². The highest BCUT2D eigenvalue weighted by molar-refractivity contribution is 5.03. The lowest BCUT2D eigenvalue weighted by molar-refractivity contribution is -0.0709. The molecular formula is C11H18N2O2. The Labute approximate surface area is 90.2 Å². The van der Waals surface area contributed by atoms with Gasteiger partial charge in [-0.1, -0.05) is 5.16 Å². The molecule has 0 N–H and O–H groups in total. The molecule has 1 aliphatic heterocycles. The number of aryl methyl sites for hydroxylation is 1. The fourth-order valence-electron chi connectivity index (χ4n) is 2.14. The van der Waals surface area contributed by atoms with Crippen LogP contribution in [0.5, 0.6) is 0 Å². The van der Waals surface area contributed by atoms with Crippen LogP contribution in [-0.2, 0) is 11.3 Å². The second-order valence-electron chi connectivity index (χ2n) is 4.38. The number of hydrogen-bond donors (Lipinski definition) is 0. The molecule has 0 saturated carbocycles. The third-order valence-electron chi connectivity index (χ3n) is 2.56. The summed E-state index contributed by atoms with van der Waals surface area (Å²) in [5.74, 6) is 0.874. The fraction of sp³-hybridized carbons (Fsp3) is 0.727. The van der Waals surface area contributed by atoms with Crippen LogP contribution in [0.2, 0.25) is 0 Å². The standard InChI is InChI=1S/C11H18N2O2/c1-8-4-11(12-15-8)7-13-5-9(2)14-10(3)6-13/h4,9-10H,5-7H2,1-3H3/t9-,10+. The molecule has 4 heteroatoms. The maximum atomic E-state index is 5.67. The van der Waals surface area contributed by atoms with Gasteiger partial charge in [0, 0.05) is 25.7 Å². The van der Waals surface area contributed by atoms with Crippen molar-refractivity contribution in [2.45, 2.75) is 39.5 Å². The van der Waals surface area contributed by atoms with Gasteiger partial charge in [-0.15, -0.1) is 0 Å². The quantitative estimate of drug-likeness (QED) is 0.743. The average Bonchev–Trinajstić information content (AvgIpc) is 2.49. The molecule has 15 heavy (non-hydrogen) atoms. The Morgan fingerprint density at radius 1 is 1.40 bits per heavy atom. The Bertz CT molecular complexity index is 314. The molecule has 1 aliphatic rings. The van der Waals surface area contributed by atoms with Gasteiger partial charge in [0.15, 0.2) is 0 Å². The first-order valence-electron chi connectivity index (χ1n) is 5.43. The second kappa shape index (κ2) is 4.33.